The minimum absolute atomic E-state index is 0.199. The number of imide groups is 1. The summed E-state index contributed by atoms with van der Waals surface area (Å²) in [5.74, 6) is -3.16. The average molecular weight is 617 g/mol. The van der Waals surface area contributed by atoms with Crippen LogP contribution in [0.4, 0.5) is 18.9 Å². The van der Waals surface area contributed by atoms with E-state index in [4.69, 9.17) is 16.3 Å². The maximum absolute atomic E-state index is 14.0. The van der Waals surface area contributed by atoms with E-state index < -0.39 is 46.3 Å². The Bertz CT molecular complexity index is 1750. The Balaban J connectivity index is 1.47. The largest absolute Gasteiger partial charge is 0.489 e. The fourth-order valence-electron chi connectivity index (χ4n) is 5.32. The van der Waals surface area contributed by atoms with E-state index in [1.54, 1.807) is 18.2 Å². The van der Waals surface area contributed by atoms with Crippen LogP contribution in [0.25, 0.3) is 0 Å². The van der Waals surface area contributed by atoms with Gasteiger partial charge in [-0.15, -0.1) is 0 Å². The number of H-pyrrole nitrogens is 1. The van der Waals surface area contributed by atoms with Crippen LogP contribution in [0.3, 0.4) is 0 Å². The third kappa shape index (κ3) is 4.85. The molecule has 6 nitrogen and oxygen atoms in total. The van der Waals surface area contributed by atoms with Gasteiger partial charge >= 0.3 is 11.0 Å². The number of hydrogen-bond donors (Lipinski definition) is 1. The van der Waals surface area contributed by atoms with Gasteiger partial charge in [0.15, 0.2) is 0 Å². The smallest absolute Gasteiger partial charge is 0.418 e. The van der Waals surface area contributed by atoms with Crippen molar-refractivity contribution >= 4 is 52.2 Å². The number of amides is 2. The van der Waals surface area contributed by atoms with E-state index in [-0.39, 0.29) is 11.5 Å². The highest BCUT2D eigenvalue weighted by atomic mass is 35.5. The lowest BCUT2D eigenvalue weighted by atomic mass is 9.82. The topological polar surface area (TPSA) is 79.5 Å². The van der Waals surface area contributed by atoms with Crippen LogP contribution in [0.1, 0.15) is 33.0 Å². The maximum Gasteiger partial charge on any atom is 0.418 e. The van der Waals surface area contributed by atoms with Gasteiger partial charge in [-0.05, 0) is 48.4 Å². The number of aryl methyl sites for hydroxylation is 1. The Labute approximate surface area is 245 Å². The van der Waals surface area contributed by atoms with Gasteiger partial charge in [0.05, 0.1) is 22.2 Å². The van der Waals surface area contributed by atoms with E-state index >= 15 is 0 Å². The van der Waals surface area contributed by atoms with Crippen molar-refractivity contribution in [2.45, 2.75) is 35.9 Å². The van der Waals surface area contributed by atoms with Crippen molar-refractivity contribution in [2.24, 2.45) is 5.92 Å². The number of anilines is 1. The molecular formula is C29H20ClF3N2O4S2. The van der Waals surface area contributed by atoms with E-state index in [0.29, 0.717) is 31.1 Å². The monoisotopic (exact) mass is 616 g/mol. The standard InChI is InChI=1S/C29H20ClF3N2O4S2/c1-14-6-2-3-7-15(14)13-39-20-11-10-16(30)12-17(20)21-22-24(40-25-23(21)41-28(38)34-25)27(37)35(26(22)36)19-9-5-4-8-18(19)29(31,32)33/h2-12,21-22,24H,13H2,1H3,(H,34,38)/t21-,22?,24?/m1/s1. The molecule has 0 aliphatic carbocycles. The van der Waals surface area contributed by atoms with Gasteiger partial charge in [0, 0.05) is 21.4 Å². The Hall–Kier alpha value is -3.54. The molecule has 2 aliphatic rings. The number of ether oxygens (including phenoxy) is 1. The molecule has 41 heavy (non-hydrogen) atoms. The molecular weight excluding hydrogens is 597 g/mol. The zero-order valence-electron chi connectivity index (χ0n) is 21.2. The minimum Gasteiger partial charge on any atom is -0.489 e. The molecule has 3 heterocycles. The fourth-order valence-corrected chi connectivity index (χ4v) is 8.01. The number of carbonyl (C=O) groups excluding carboxylic acids is 2. The minimum atomic E-state index is -4.79. The van der Waals surface area contributed by atoms with E-state index in [1.807, 2.05) is 31.2 Å². The molecule has 0 saturated carbocycles. The number of aromatic nitrogens is 1. The fraction of sp³-hybridized carbons (Fsp3) is 0.207. The lowest BCUT2D eigenvalue weighted by Crippen LogP contribution is -2.33. The number of thioether (sulfide) groups is 1. The third-order valence-corrected chi connectivity index (χ3v) is 9.86. The number of alkyl halides is 3. The molecule has 2 amide bonds. The summed E-state index contributed by atoms with van der Waals surface area (Å²) in [6.07, 6.45) is -4.79. The number of nitrogens with one attached hydrogen (secondary N) is 1. The summed E-state index contributed by atoms with van der Waals surface area (Å²) >= 11 is 8.27. The number of benzene rings is 3. The first kappa shape index (κ1) is 27.6. The van der Waals surface area contributed by atoms with Crippen molar-refractivity contribution in [3.8, 4) is 5.75 Å². The Morgan fingerprint density at radius 2 is 1.73 bits per heavy atom. The number of para-hydroxylation sites is 1. The van der Waals surface area contributed by atoms with Crippen molar-refractivity contribution in [2.75, 3.05) is 4.90 Å². The molecule has 2 unspecified atom stereocenters. The molecule has 3 aromatic carbocycles. The van der Waals surface area contributed by atoms with Crippen LogP contribution in [0.5, 0.6) is 5.75 Å². The SMILES string of the molecule is Cc1ccccc1COc1ccc(Cl)cc1[C@H]1c2sc(=O)[nH]c2SC2C(=O)N(c3ccccc3C(F)(F)F)C(=O)C21. The molecule has 3 atom stereocenters. The van der Waals surface area contributed by atoms with Crippen LogP contribution in [0, 0.1) is 12.8 Å². The van der Waals surface area contributed by atoms with E-state index in [2.05, 4.69) is 4.98 Å². The molecule has 1 saturated heterocycles. The van der Waals surface area contributed by atoms with Crippen LogP contribution < -0.4 is 14.5 Å². The molecule has 2 aliphatic heterocycles. The Kier molecular flexibility index (Phi) is 6.99. The molecule has 1 aromatic heterocycles. The average Bonchev–Trinajstić information content (AvgIpc) is 3.42. The highest BCUT2D eigenvalue weighted by molar-refractivity contribution is 8.00. The van der Waals surface area contributed by atoms with Crippen LogP contribution in [0.2, 0.25) is 5.02 Å². The summed E-state index contributed by atoms with van der Waals surface area (Å²) in [5, 5.41) is -0.351. The number of thiazole rings is 1. The maximum atomic E-state index is 14.0. The zero-order valence-corrected chi connectivity index (χ0v) is 23.6. The molecule has 4 aromatic rings. The number of rotatable bonds is 5. The van der Waals surface area contributed by atoms with Crippen LogP contribution >= 0.6 is 34.7 Å². The molecule has 1 fully saturated rings. The van der Waals surface area contributed by atoms with Gasteiger partial charge < -0.3 is 9.72 Å². The molecule has 0 radical (unpaired) electrons. The second-order valence-corrected chi connectivity index (χ2v) is 12.3. The number of fused-ring (bicyclic) bond motifs is 2. The van der Waals surface area contributed by atoms with Gasteiger partial charge in [-0.2, -0.15) is 13.2 Å². The third-order valence-electron chi connectivity index (χ3n) is 7.23. The Morgan fingerprint density at radius 3 is 2.49 bits per heavy atom. The Morgan fingerprint density at radius 1 is 1.00 bits per heavy atom. The van der Waals surface area contributed by atoms with Crippen LogP contribution in [0.15, 0.2) is 76.6 Å². The molecule has 0 bridgehead atoms. The summed E-state index contributed by atoms with van der Waals surface area (Å²) in [4.78, 5) is 43.6. The van der Waals surface area contributed by atoms with E-state index in [0.717, 1.165) is 46.4 Å². The van der Waals surface area contributed by atoms with Crippen molar-refractivity contribution in [3.05, 3.63) is 109 Å². The molecule has 1 N–H and O–H groups in total. The molecule has 12 heteroatoms. The first-order chi connectivity index (χ1) is 19.5. The summed E-state index contributed by atoms with van der Waals surface area (Å²) in [5.41, 5.74) is 0.793. The van der Waals surface area contributed by atoms with E-state index in [9.17, 15) is 27.6 Å². The van der Waals surface area contributed by atoms with Gasteiger partial charge in [0.2, 0.25) is 11.8 Å². The molecule has 0 spiro atoms. The lowest BCUT2D eigenvalue weighted by molar-refractivity contribution is -0.137. The highest BCUT2D eigenvalue weighted by Crippen LogP contribution is 2.55. The van der Waals surface area contributed by atoms with Crippen molar-refractivity contribution in [1.82, 2.24) is 4.98 Å². The number of nitrogens with zero attached hydrogens (tertiary/aromatic N) is 1. The lowest BCUT2D eigenvalue weighted by Gasteiger charge is -2.31. The highest BCUT2D eigenvalue weighted by Gasteiger charge is 2.57. The van der Waals surface area contributed by atoms with Crippen molar-refractivity contribution in [1.29, 1.82) is 0 Å². The summed E-state index contributed by atoms with van der Waals surface area (Å²) in [7, 11) is 0. The first-order valence-corrected chi connectivity index (χ1v) is 14.5. The summed E-state index contributed by atoms with van der Waals surface area (Å²) in [6, 6.07) is 17.1. The van der Waals surface area contributed by atoms with Crippen molar-refractivity contribution in [3.63, 3.8) is 0 Å². The number of halogens is 4. The van der Waals surface area contributed by atoms with Gasteiger partial charge in [-0.3, -0.25) is 14.4 Å². The molecule has 6 rings (SSSR count). The van der Waals surface area contributed by atoms with Gasteiger partial charge in [0.1, 0.15) is 17.6 Å². The summed E-state index contributed by atoms with van der Waals surface area (Å²) < 4.78 is 47.9. The normalized spacial score (nSPS) is 20.2. The second kappa shape index (κ2) is 10.4. The second-order valence-electron chi connectivity index (χ2n) is 9.67. The van der Waals surface area contributed by atoms with Crippen molar-refractivity contribution < 1.29 is 27.5 Å². The zero-order chi connectivity index (χ0) is 29.1. The number of carbonyl (C=O) groups is 2. The summed E-state index contributed by atoms with van der Waals surface area (Å²) in [6.45, 7) is 2.15. The molecule has 210 valence electrons. The van der Waals surface area contributed by atoms with Gasteiger partial charge in [-0.1, -0.05) is 71.1 Å². The van der Waals surface area contributed by atoms with Gasteiger partial charge in [0.25, 0.3) is 0 Å². The first-order valence-electron chi connectivity index (χ1n) is 12.4. The van der Waals surface area contributed by atoms with Gasteiger partial charge in [-0.25, -0.2) is 4.90 Å². The van der Waals surface area contributed by atoms with Crippen LogP contribution in [-0.2, 0) is 22.4 Å². The predicted octanol–water partition coefficient (Wildman–Crippen LogP) is 6.79. The predicted molar refractivity (Wildman–Crippen MR) is 151 cm³/mol. The van der Waals surface area contributed by atoms with E-state index in [1.165, 1.54) is 12.1 Å². The quantitative estimate of drug-likeness (QED) is 0.250. The number of aromatic amines is 1. The van der Waals surface area contributed by atoms with Crippen LogP contribution in [-0.4, -0.2) is 22.0 Å². The number of hydrogen-bond acceptors (Lipinski definition) is 6.